The third-order valence-electron chi connectivity index (χ3n) is 5.04. The van der Waals surface area contributed by atoms with Gasteiger partial charge in [-0.1, -0.05) is 0 Å². The molecule has 0 radical (unpaired) electrons. The molecule has 1 unspecified atom stereocenters. The van der Waals surface area contributed by atoms with Gasteiger partial charge in [-0.15, -0.1) is 23.1 Å². The summed E-state index contributed by atoms with van der Waals surface area (Å²) in [7, 11) is 0. The third-order valence-corrected chi connectivity index (χ3v) is 7.29. The fourth-order valence-electron chi connectivity index (χ4n) is 3.16. The van der Waals surface area contributed by atoms with Crippen LogP contribution in [0, 0.1) is 19.7 Å². The van der Waals surface area contributed by atoms with Gasteiger partial charge in [-0.3, -0.25) is 9.59 Å². The molecule has 0 aliphatic heterocycles. The van der Waals surface area contributed by atoms with Crippen LogP contribution in [0.25, 0.3) is 15.9 Å². The Bertz CT molecular complexity index is 1310. The average Bonchev–Trinajstić information content (AvgIpc) is 3.36. The van der Waals surface area contributed by atoms with Crippen LogP contribution in [-0.2, 0) is 10.5 Å². The van der Waals surface area contributed by atoms with E-state index in [0.29, 0.717) is 21.8 Å². The molecule has 3 aromatic heterocycles. The van der Waals surface area contributed by atoms with Gasteiger partial charge in [-0.05, 0) is 56.7 Å². The number of benzene rings is 1. The van der Waals surface area contributed by atoms with Crippen molar-refractivity contribution in [2.24, 2.45) is 0 Å². The third kappa shape index (κ3) is 4.42. The van der Waals surface area contributed by atoms with Crippen molar-refractivity contribution in [1.82, 2.24) is 14.5 Å². The number of hydrogen-bond acceptors (Lipinski definition) is 5. The zero-order valence-electron chi connectivity index (χ0n) is 17.2. The van der Waals surface area contributed by atoms with Crippen LogP contribution < -0.4 is 10.9 Å². The number of aromatic amines is 1. The zero-order chi connectivity index (χ0) is 22.1. The summed E-state index contributed by atoms with van der Waals surface area (Å²) < 4.78 is 16.1. The monoisotopic (exact) mass is 456 g/mol. The lowest BCUT2D eigenvalue weighted by atomic mass is 10.2. The number of fused-ring (bicyclic) bond motifs is 1. The second-order valence-corrected chi connectivity index (χ2v) is 9.71. The molecule has 1 amide bonds. The van der Waals surface area contributed by atoms with Gasteiger partial charge in [0.2, 0.25) is 5.91 Å². The summed E-state index contributed by atoms with van der Waals surface area (Å²) in [6.45, 7) is 5.62. The minimum Gasteiger partial charge on any atom is -0.324 e. The number of nitrogens with one attached hydrogen (secondary N) is 2. The van der Waals surface area contributed by atoms with Crippen molar-refractivity contribution in [3.63, 3.8) is 0 Å². The molecule has 0 saturated carbocycles. The molecule has 2 N–H and O–H groups in total. The first kappa shape index (κ1) is 21.3. The summed E-state index contributed by atoms with van der Waals surface area (Å²) in [5, 5.41) is 2.82. The number of carbonyl (C=O) groups is 1. The number of H-pyrrole nitrogens is 1. The van der Waals surface area contributed by atoms with Crippen LogP contribution in [0.15, 0.2) is 47.5 Å². The molecular weight excluding hydrogens is 435 g/mol. The molecule has 160 valence electrons. The smallest absolute Gasteiger partial charge is 0.259 e. The molecule has 6 nitrogen and oxygen atoms in total. The van der Waals surface area contributed by atoms with Crippen molar-refractivity contribution in [3.8, 4) is 5.69 Å². The average molecular weight is 457 g/mol. The first-order valence-corrected chi connectivity index (χ1v) is 11.5. The number of nitrogens with zero attached hydrogens (tertiary/aromatic N) is 2. The molecule has 0 bridgehead atoms. The number of hydrogen-bond donors (Lipinski definition) is 2. The Kier molecular flexibility index (Phi) is 5.97. The second kappa shape index (κ2) is 8.68. The quantitative estimate of drug-likeness (QED) is 0.437. The fourth-order valence-corrected chi connectivity index (χ4v) is 4.96. The summed E-state index contributed by atoms with van der Waals surface area (Å²) in [6, 6.07) is 8.32. The maximum absolute atomic E-state index is 14.2. The van der Waals surface area contributed by atoms with Gasteiger partial charge in [-0.25, -0.2) is 9.37 Å². The largest absolute Gasteiger partial charge is 0.324 e. The van der Waals surface area contributed by atoms with Gasteiger partial charge in [-0.2, -0.15) is 0 Å². The Morgan fingerprint density at radius 3 is 2.81 bits per heavy atom. The maximum atomic E-state index is 14.2. The molecule has 0 spiro atoms. The van der Waals surface area contributed by atoms with Crippen LogP contribution in [0.1, 0.15) is 23.2 Å². The molecule has 1 atom stereocenters. The van der Waals surface area contributed by atoms with E-state index in [1.165, 1.54) is 29.2 Å². The lowest BCUT2D eigenvalue weighted by Gasteiger charge is -2.13. The van der Waals surface area contributed by atoms with Gasteiger partial charge in [0.15, 0.2) is 0 Å². The lowest BCUT2D eigenvalue weighted by Crippen LogP contribution is -2.23. The number of amides is 1. The molecule has 0 fully saturated rings. The first-order valence-electron chi connectivity index (χ1n) is 9.67. The van der Waals surface area contributed by atoms with Crippen LogP contribution in [0.5, 0.6) is 0 Å². The fraction of sp³-hybridized carbons (Fsp3) is 0.227. The number of thiophene rings is 1. The molecule has 0 aliphatic carbocycles. The van der Waals surface area contributed by atoms with E-state index in [4.69, 9.17) is 0 Å². The van der Waals surface area contributed by atoms with Crippen molar-refractivity contribution >= 4 is 44.9 Å². The number of thioether (sulfide) groups is 1. The standard InChI is InChI=1S/C22H21FN4O2S2/c1-12-13(2)31-22-19(12)21(29)25-18(26-22)11-30-14(3)20(28)24-17-10-15(6-7-16(17)23)27-8-4-5-9-27/h4-10,14H,11H2,1-3H3,(H,24,28)(H,25,26,29). The molecular formula is C22H21FN4O2S2. The number of carbonyl (C=O) groups excluding carboxylic acids is 1. The molecule has 4 rings (SSSR count). The van der Waals surface area contributed by atoms with E-state index in [1.54, 1.807) is 19.1 Å². The lowest BCUT2D eigenvalue weighted by molar-refractivity contribution is -0.115. The second-order valence-electron chi connectivity index (χ2n) is 7.17. The summed E-state index contributed by atoms with van der Waals surface area (Å²) in [4.78, 5) is 34.1. The number of anilines is 1. The highest BCUT2D eigenvalue weighted by molar-refractivity contribution is 7.99. The van der Waals surface area contributed by atoms with Crippen molar-refractivity contribution in [3.05, 3.63) is 75.2 Å². The molecule has 0 saturated heterocycles. The summed E-state index contributed by atoms with van der Waals surface area (Å²) in [5.74, 6) is 0.0621. The molecule has 31 heavy (non-hydrogen) atoms. The van der Waals surface area contributed by atoms with Gasteiger partial charge in [0.25, 0.3) is 5.56 Å². The zero-order valence-corrected chi connectivity index (χ0v) is 18.9. The molecule has 1 aromatic carbocycles. The molecule has 4 aromatic rings. The highest BCUT2D eigenvalue weighted by atomic mass is 32.2. The van der Waals surface area contributed by atoms with Crippen molar-refractivity contribution in [1.29, 1.82) is 0 Å². The minimum atomic E-state index is -0.499. The number of rotatable bonds is 6. The van der Waals surface area contributed by atoms with Crippen molar-refractivity contribution in [2.75, 3.05) is 5.32 Å². The summed E-state index contributed by atoms with van der Waals surface area (Å²) in [6.07, 6.45) is 3.69. The Morgan fingerprint density at radius 2 is 2.06 bits per heavy atom. The molecule has 0 aliphatic rings. The van der Waals surface area contributed by atoms with E-state index in [0.717, 1.165) is 16.1 Å². The van der Waals surface area contributed by atoms with E-state index >= 15 is 0 Å². The van der Waals surface area contributed by atoms with Gasteiger partial charge in [0.1, 0.15) is 16.5 Å². The Hall–Kier alpha value is -2.91. The van der Waals surface area contributed by atoms with E-state index < -0.39 is 11.1 Å². The van der Waals surface area contributed by atoms with E-state index in [1.807, 2.05) is 42.9 Å². The van der Waals surface area contributed by atoms with Crippen LogP contribution >= 0.6 is 23.1 Å². The van der Waals surface area contributed by atoms with Gasteiger partial charge in [0, 0.05) is 23.0 Å². The Labute approximate surface area is 186 Å². The molecule has 3 heterocycles. The summed E-state index contributed by atoms with van der Waals surface area (Å²) in [5.41, 5.74) is 1.66. The highest BCUT2D eigenvalue weighted by Gasteiger charge is 2.18. The number of halogens is 1. The topological polar surface area (TPSA) is 79.8 Å². The van der Waals surface area contributed by atoms with Crippen LogP contribution in [0.3, 0.4) is 0 Å². The van der Waals surface area contributed by atoms with Crippen LogP contribution in [0.2, 0.25) is 0 Å². The predicted molar refractivity (Wildman–Crippen MR) is 125 cm³/mol. The normalized spacial score (nSPS) is 12.3. The Balaban J connectivity index is 1.44. The minimum absolute atomic E-state index is 0.126. The molecule has 9 heteroatoms. The number of aromatic nitrogens is 3. The van der Waals surface area contributed by atoms with E-state index in [-0.39, 0.29) is 17.2 Å². The van der Waals surface area contributed by atoms with Crippen molar-refractivity contribution in [2.45, 2.75) is 31.8 Å². The predicted octanol–water partition coefficient (Wildman–Crippen LogP) is 4.79. The van der Waals surface area contributed by atoms with Crippen molar-refractivity contribution < 1.29 is 9.18 Å². The van der Waals surface area contributed by atoms with E-state index in [9.17, 15) is 14.0 Å². The highest BCUT2D eigenvalue weighted by Crippen LogP contribution is 2.27. The maximum Gasteiger partial charge on any atom is 0.259 e. The summed E-state index contributed by atoms with van der Waals surface area (Å²) >= 11 is 2.81. The van der Waals surface area contributed by atoms with Gasteiger partial charge >= 0.3 is 0 Å². The Morgan fingerprint density at radius 1 is 1.32 bits per heavy atom. The SMILES string of the molecule is Cc1sc2nc(CSC(C)C(=O)Nc3cc(-n4cccc4)ccc3F)[nH]c(=O)c2c1C. The first-order chi connectivity index (χ1) is 14.8. The van der Waals surface area contributed by atoms with E-state index in [2.05, 4.69) is 15.3 Å². The van der Waals surface area contributed by atoms with Gasteiger partial charge < -0.3 is 14.9 Å². The van der Waals surface area contributed by atoms with Crippen LogP contribution in [0.4, 0.5) is 10.1 Å². The van der Waals surface area contributed by atoms with Crippen LogP contribution in [-0.4, -0.2) is 25.7 Å². The number of aryl methyl sites for hydroxylation is 2. The van der Waals surface area contributed by atoms with Gasteiger partial charge in [0.05, 0.1) is 22.1 Å².